The van der Waals surface area contributed by atoms with E-state index < -0.39 is 0 Å². The van der Waals surface area contributed by atoms with Crippen LogP contribution in [0, 0.1) is 5.82 Å². The van der Waals surface area contributed by atoms with Crippen LogP contribution >= 0.6 is 12.4 Å². The monoisotopic (exact) mass is 272 g/mol. The van der Waals surface area contributed by atoms with Gasteiger partial charge in [0, 0.05) is 31.7 Å². The molecule has 0 spiro atoms. The Kier molecular flexibility index (Phi) is 5.59. The molecule has 1 fully saturated rings. The molecule has 1 aliphatic rings. The highest BCUT2D eigenvalue weighted by Gasteiger charge is 2.22. The molecule has 5 heteroatoms. The maximum atomic E-state index is 13.2. The van der Waals surface area contributed by atoms with Gasteiger partial charge in [-0.2, -0.15) is 0 Å². The van der Waals surface area contributed by atoms with E-state index in [1.54, 1.807) is 6.08 Å². The van der Waals surface area contributed by atoms with Crippen LogP contribution in [0.25, 0.3) is 0 Å². The van der Waals surface area contributed by atoms with Crippen LogP contribution in [0.1, 0.15) is 11.6 Å². The van der Waals surface area contributed by atoms with Crippen molar-refractivity contribution in [1.82, 2.24) is 10.2 Å². The number of hydrogen-bond acceptors (Lipinski definition) is 3. The SMILES string of the molecule is C=C[C@@H](c1cc(F)ccc1O)N1CCNCC1.Cl. The quantitative estimate of drug-likeness (QED) is 0.827. The summed E-state index contributed by atoms with van der Waals surface area (Å²) in [5, 5.41) is 13.1. The summed E-state index contributed by atoms with van der Waals surface area (Å²) in [6.07, 6.45) is 1.75. The molecule has 0 bridgehead atoms. The largest absolute Gasteiger partial charge is 0.508 e. The van der Waals surface area contributed by atoms with E-state index in [-0.39, 0.29) is 30.0 Å². The highest BCUT2D eigenvalue weighted by molar-refractivity contribution is 5.85. The van der Waals surface area contributed by atoms with Crippen molar-refractivity contribution in [2.24, 2.45) is 0 Å². The van der Waals surface area contributed by atoms with E-state index in [1.165, 1.54) is 18.2 Å². The molecule has 0 amide bonds. The number of piperazine rings is 1. The van der Waals surface area contributed by atoms with Gasteiger partial charge in [0.2, 0.25) is 0 Å². The van der Waals surface area contributed by atoms with Crippen molar-refractivity contribution in [2.75, 3.05) is 26.2 Å². The summed E-state index contributed by atoms with van der Waals surface area (Å²) in [5.74, 6) is -0.213. The summed E-state index contributed by atoms with van der Waals surface area (Å²) in [6, 6.07) is 3.90. The van der Waals surface area contributed by atoms with E-state index in [0.717, 1.165) is 26.2 Å². The molecule has 2 N–H and O–H groups in total. The first-order valence-electron chi connectivity index (χ1n) is 5.78. The van der Waals surface area contributed by atoms with Gasteiger partial charge in [0.15, 0.2) is 0 Å². The van der Waals surface area contributed by atoms with Crippen molar-refractivity contribution in [3.8, 4) is 5.75 Å². The molecule has 18 heavy (non-hydrogen) atoms. The number of hydrogen-bond donors (Lipinski definition) is 2. The number of nitrogens with zero attached hydrogens (tertiary/aromatic N) is 1. The predicted octanol–water partition coefficient (Wildman–Crippen LogP) is 2.09. The van der Waals surface area contributed by atoms with Crippen LogP contribution in [0.4, 0.5) is 4.39 Å². The molecule has 0 aliphatic carbocycles. The summed E-state index contributed by atoms with van der Waals surface area (Å²) < 4.78 is 13.2. The number of rotatable bonds is 3. The minimum absolute atomic E-state index is 0. The van der Waals surface area contributed by atoms with E-state index in [9.17, 15) is 9.50 Å². The van der Waals surface area contributed by atoms with Gasteiger partial charge in [-0.3, -0.25) is 4.90 Å². The number of halogens is 2. The minimum Gasteiger partial charge on any atom is -0.508 e. The van der Waals surface area contributed by atoms with Gasteiger partial charge in [-0.1, -0.05) is 6.08 Å². The van der Waals surface area contributed by atoms with Crippen LogP contribution in [0.5, 0.6) is 5.75 Å². The number of aromatic hydroxyl groups is 1. The number of nitrogens with one attached hydrogen (secondary N) is 1. The van der Waals surface area contributed by atoms with E-state index in [0.29, 0.717) is 5.56 Å². The average Bonchev–Trinajstić information content (AvgIpc) is 2.36. The summed E-state index contributed by atoms with van der Waals surface area (Å²) in [4.78, 5) is 2.18. The van der Waals surface area contributed by atoms with Gasteiger partial charge in [-0.15, -0.1) is 19.0 Å². The lowest BCUT2D eigenvalue weighted by molar-refractivity contribution is 0.200. The molecule has 1 aromatic rings. The highest BCUT2D eigenvalue weighted by Crippen LogP contribution is 2.30. The lowest BCUT2D eigenvalue weighted by atomic mass is 10.0. The van der Waals surface area contributed by atoms with Gasteiger partial charge < -0.3 is 10.4 Å². The van der Waals surface area contributed by atoms with Gasteiger partial charge in [-0.25, -0.2) is 4.39 Å². The third kappa shape index (κ3) is 3.22. The molecule has 1 aliphatic heterocycles. The second-order valence-electron chi connectivity index (χ2n) is 4.17. The van der Waals surface area contributed by atoms with Crippen LogP contribution in [0.15, 0.2) is 30.9 Å². The van der Waals surface area contributed by atoms with E-state index in [2.05, 4.69) is 16.8 Å². The van der Waals surface area contributed by atoms with Gasteiger partial charge in [0.25, 0.3) is 0 Å². The first-order chi connectivity index (χ1) is 8.22. The van der Waals surface area contributed by atoms with Crippen molar-refractivity contribution in [3.63, 3.8) is 0 Å². The Hall–Kier alpha value is -1.10. The summed E-state index contributed by atoms with van der Waals surface area (Å²) in [5.41, 5.74) is 0.585. The number of phenols is 1. The van der Waals surface area contributed by atoms with Crippen LogP contribution < -0.4 is 5.32 Å². The summed E-state index contributed by atoms with van der Waals surface area (Å²) in [7, 11) is 0. The van der Waals surface area contributed by atoms with Crippen molar-refractivity contribution in [1.29, 1.82) is 0 Å². The van der Waals surface area contributed by atoms with E-state index in [1.807, 2.05) is 0 Å². The zero-order valence-corrected chi connectivity index (χ0v) is 10.9. The second kappa shape index (κ2) is 6.73. The Morgan fingerprint density at radius 2 is 2.06 bits per heavy atom. The van der Waals surface area contributed by atoms with Crippen molar-refractivity contribution >= 4 is 12.4 Å². The van der Waals surface area contributed by atoms with Crippen molar-refractivity contribution in [2.45, 2.75) is 6.04 Å². The Balaban J connectivity index is 0.00000162. The molecule has 100 valence electrons. The molecule has 2 rings (SSSR count). The average molecular weight is 273 g/mol. The van der Waals surface area contributed by atoms with Crippen LogP contribution in [0.2, 0.25) is 0 Å². The standard InChI is InChI=1S/C13H17FN2O.ClH/c1-2-12(16-7-5-15-6-8-16)11-9-10(14)3-4-13(11)17;/h2-4,9,12,15,17H,1,5-8H2;1H/t12-;/m0./s1. The maximum absolute atomic E-state index is 13.2. The minimum atomic E-state index is -0.334. The molecule has 0 saturated carbocycles. The normalized spacial score (nSPS) is 17.8. The molecule has 1 saturated heterocycles. The van der Waals surface area contributed by atoms with Crippen molar-refractivity contribution in [3.05, 3.63) is 42.2 Å². The zero-order valence-electron chi connectivity index (χ0n) is 10.1. The fourth-order valence-corrected chi connectivity index (χ4v) is 2.20. The van der Waals surface area contributed by atoms with Crippen LogP contribution in [-0.4, -0.2) is 36.2 Å². The highest BCUT2D eigenvalue weighted by atomic mass is 35.5. The molecular formula is C13H18ClFN2O. The third-order valence-electron chi connectivity index (χ3n) is 3.08. The first kappa shape index (κ1) is 15.0. The smallest absolute Gasteiger partial charge is 0.123 e. The molecule has 0 aromatic heterocycles. The second-order valence-corrected chi connectivity index (χ2v) is 4.17. The maximum Gasteiger partial charge on any atom is 0.123 e. The third-order valence-corrected chi connectivity index (χ3v) is 3.08. The number of phenolic OH excluding ortho intramolecular Hbond substituents is 1. The van der Waals surface area contributed by atoms with Crippen LogP contribution in [-0.2, 0) is 0 Å². The Labute approximate surface area is 113 Å². The van der Waals surface area contributed by atoms with Gasteiger partial charge in [-0.05, 0) is 18.2 Å². The summed E-state index contributed by atoms with van der Waals surface area (Å²) in [6.45, 7) is 7.33. The van der Waals surface area contributed by atoms with Crippen LogP contribution in [0.3, 0.4) is 0 Å². The fourth-order valence-electron chi connectivity index (χ4n) is 2.20. The van der Waals surface area contributed by atoms with Crippen molar-refractivity contribution < 1.29 is 9.50 Å². The lowest BCUT2D eigenvalue weighted by Gasteiger charge is -2.33. The zero-order chi connectivity index (χ0) is 12.3. The predicted molar refractivity (Wildman–Crippen MR) is 72.7 cm³/mol. The topological polar surface area (TPSA) is 35.5 Å². The number of benzene rings is 1. The molecule has 1 aromatic carbocycles. The van der Waals surface area contributed by atoms with Gasteiger partial charge in [0.05, 0.1) is 6.04 Å². The van der Waals surface area contributed by atoms with E-state index >= 15 is 0 Å². The van der Waals surface area contributed by atoms with E-state index in [4.69, 9.17) is 0 Å². The molecule has 0 radical (unpaired) electrons. The molecular weight excluding hydrogens is 255 g/mol. The Morgan fingerprint density at radius 3 is 2.67 bits per heavy atom. The molecule has 0 unspecified atom stereocenters. The first-order valence-corrected chi connectivity index (χ1v) is 5.78. The van der Waals surface area contributed by atoms with Gasteiger partial charge in [0.1, 0.15) is 11.6 Å². The fraction of sp³-hybridized carbons (Fsp3) is 0.385. The molecule has 1 heterocycles. The molecule has 1 atom stereocenters. The summed E-state index contributed by atoms with van der Waals surface area (Å²) >= 11 is 0. The lowest BCUT2D eigenvalue weighted by Crippen LogP contribution is -2.44. The Bertz CT molecular complexity index is 408. The Morgan fingerprint density at radius 1 is 1.39 bits per heavy atom. The van der Waals surface area contributed by atoms with Gasteiger partial charge >= 0.3 is 0 Å². The molecule has 3 nitrogen and oxygen atoms in total.